The number of nitrogens with one attached hydrogen (secondary N) is 2. The van der Waals surface area contributed by atoms with Crippen LogP contribution < -0.4 is 15.4 Å². The second-order valence-corrected chi connectivity index (χ2v) is 7.62. The van der Waals surface area contributed by atoms with Crippen LogP contribution in [-0.2, 0) is 11.3 Å². The molecule has 0 saturated heterocycles. The standard InChI is InChI=1S/C21H34N4O2/c1-15-6-8-17(9-7-15)14-25(4)21(22-3)23-13-18-10-11-20(27-5)19(12-18)24-16(2)26/h10-12,15,17H,6-9,13-14H2,1-5H3,(H,22,23)(H,24,26). The highest BCUT2D eigenvalue weighted by Crippen LogP contribution is 2.28. The lowest BCUT2D eigenvalue weighted by atomic mass is 9.83. The first-order valence-electron chi connectivity index (χ1n) is 9.79. The Labute approximate surface area is 163 Å². The highest BCUT2D eigenvalue weighted by molar-refractivity contribution is 5.90. The third-order valence-corrected chi connectivity index (χ3v) is 5.27. The molecule has 2 rings (SSSR count). The maximum absolute atomic E-state index is 11.4. The molecule has 0 radical (unpaired) electrons. The van der Waals surface area contributed by atoms with Crippen molar-refractivity contribution in [1.29, 1.82) is 0 Å². The number of rotatable bonds is 6. The van der Waals surface area contributed by atoms with Gasteiger partial charge in [-0.05, 0) is 42.4 Å². The van der Waals surface area contributed by atoms with E-state index in [1.54, 1.807) is 7.11 Å². The number of ether oxygens (including phenoxy) is 1. The van der Waals surface area contributed by atoms with Gasteiger partial charge in [-0.1, -0.05) is 25.8 Å². The molecule has 6 nitrogen and oxygen atoms in total. The molecule has 1 fully saturated rings. The van der Waals surface area contributed by atoms with Crippen molar-refractivity contribution < 1.29 is 9.53 Å². The Kier molecular flexibility index (Phi) is 7.95. The molecule has 1 aliphatic rings. The number of carbonyl (C=O) groups excluding carboxylic acids is 1. The molecule has 0 aromatic heterocycles. The van der Waals surface area contributed by atoms with Gasteiger partial charge >= 0.3 is 0 Å². The predicted molar refractivity (Wildman–Crippen MR) is 111 cm³/mol. The number of nitrogens with zero attached hydrogens (tertiary/aromatic N) is 2. The molecule has 0 unspecified atom stereocenters. The van der Waals surface area contributed by atoms with Gasteiger partial charge in [0.1, 0.15) is 5.75 Å². The zero-order valence-corrected chi connectivity index (χ0v) is 17.3. The molecule has 0 aliphatic heterocycles. The number of aliphatic imine (C=N–C) groups is 1. The molecule has 150 valence electrons. The smallest absolute Gasteiger partial charge is 0.221 e. The summed E-state index contributed by atoms with van der Waals surface area (Å²) in [6.45, 7) is 5.51. The van der Waals surface area contributed by atoms with Crippen LogP contribution in [0.2, 0.25) is 0 Å². The molecule has 27 heavy (non-hydrogen) atoms. The van der Waals surface area contributed by atoms with E-state index in [1.165, 1.54) is 32.6 Å². The van der Waals surface area contributed by atoms with Crippen molar-refractivity contribution in [1.82, 2.24) is 10.2 Å². The number of anilines is 1. The molecular formula is C21H34N4O2. The lowest BCUT2D eigenvalue weighted by Gasteiger charge is -2.31. The molecule has 0 spiro atoms. The maximum Gasteiger partial charge on any atom is 0.221 e. The van der Waals surface area contributed by atoms with Gasteiger partial charge in [0.15, 0.2) is 5.96 Å². The minimum Gasteiger partial charge on any atom is -0.495 e. The molecule has 0 bridgehead atoms. The van der Waals surface area contributed by atoms with E-state index in [0.29, 0.717) is 18.0 Å². The summed E-state index contributed by atoms with van der Waals surface area (Å²) in [6.07, 6.45) is 5.28. The van der Waals surface area contributed by atoms with Crippen molar-refractivity contribution in [2.24, 2.45) is 16.8 Å². The topological polar surface area (TPSA) is 66.0 Å². The first-order chi connectivity index (χ1) is 12.9. The molecule has 2 N–H and O–H groups in total. The van der Waals surface area contributed by atoms with Gasteiger partial charge in [-0.3, -0.25) is 9.79 Å². The van der Waals surface area contributed by atoms with Crippen LogP contribution in [0.4, 0.5) is 5.69 Å². The minimum atomic E-state index is -0.115. The van der Waals surface area contributed by atoms with Crippen LogP contribution in [0.15, 0.2) is 23.2 Å². The highest BCUT2D eigenvalue weighted by Gasteiger charge is 2.20. The number of hydrogen-bond donors (Lipinski definition) is 2. The quantitative estimate of drug-likeness (QED) is 0.591. The molecule has 1 aromatic rings. The monoisotopic (exact) mass is 374 g/mol. The van der Waals surface area contributed by atoms with Crippen molar-refractivity contribution in [2.45, 2.75) is 46.1 Å². The Balaban J connectivity index is 1.93. The molecule has 6 heteroatoms. The fraction of sp³-hybridized carbons (Fsp3) is 0.619. The van der Waals surface area contributed by atoms with Crippen LogP contribution in [0.25, 0.3) is 0 Å². The first kappa shape index (κ1) is 21.1. The predicted octanol–water partition coefficient (Wildman–Crippen LogP) is 3.49. The second kappa shape index (κ2) is 10.2. The fourth-order valence-corrected chi connectivity index (χ4v) is 3.70. The van der Waals surface area contributed by atoms with Gasteiger partial charge < -0.3 is 20.3 Å². The van der Waals surface area contributed by atoms with Gasteiger partial charge in [0.05, 0.1) is 12.8 Å². The van der Waals surface area contributed by atoms with E-state index in [2.05, 4.69) is 34.5 Å². The Morgan fingerprint density at radius 2 is 2.00 bits per heavy atom. The number of amides is 1. The largest absolute Gasteiger partial charge is 0.495 e. The SMILES string of the molecule is CN=C(NCc1ccc(OC)c(NC(C)=O)c1)N(C)CC1CCC(C)CC1. The van der Waals surface area contributed by atoms with Gasteiger partial charge in [-0.2, -0.15) is 0 Å². The van der Waals surface area contributed by atoms with Gasteiger partial charge in [-0.25, -0.2) is 0 Å². The number of benzene rings is 1. The van der Waals surface area contributed by atoms with Gasteiger partial charge in [0, 0.05) is 34.1 Å². The zero-order valence-electron chi connectivity index (χ0n) is 17.3. The molecule has 1 saturated carbocycles. The zero-order chi connectivity index (χ0) is 19.8. The van der Waals surface area contributed by atoms with Crippen LogP contribution >= 0.6 is 0 Å². The Hall–Kier alpha value is -2.24. The maximum atomic E-state index is 11.4. The van der Waals surface area contributed by atoms with E-state index >= 15 is 0 Å². The number of guanidine groups is 1. The van der Waals surface area contributed by atoms with E-state index in [1.807, 2.05) is 25.2 Å². The van der Waals surface area contributed by atoms with Crippen LogP contribution in [0.3, 0.4) is 0 Å². The fourth-order valence-electron chi connectivity index (χ4n) is 3.70. The summed E-state index contributed by atoms with van der Waals surface area (Å²) in [5.74, 6) is 3.05. The summed E-state index contributed by atoms with van der Waals surface area (Å²) < 4.78 is 5.31. The molecule has 1 aromatic carbocycles. The van der Waals surface area contributed by atoms with Crippen molar-refractivity contribution in [3.63, 3.8) is 0 Å². The molecule has 1 amide bonds. The van der Waals surface area contributed by atoms with E-state index in [-0.39, 0.29) is 5.91 Å². The average molecular weight is 375 g/mol. The second-order valence-electron chi connectivity index (χ2n) is 7.62. The van der Waals surface area contributed by atoms with Crippen molar-refractivity contribution in [3.05, 3.63) is 23.8 Å². The van der Waals surface area contributed by atoms with E-state index < -0.39 is 0 Å². The third-order valence-electron chi connectivity index (χ3n) is 5.27. The van der Waals surface area contributed by atoms with E-state index in [9.17, 15) is 4.79 Å². The number of carbonyl (C=O) groups is 1. The summed E-state index contributed by atoms with van der Waals surface area (Å²) in [6, 6.07) is 5.80. The van der Waals surface area contributed by atoms with Crippen molar-refractivity contribution in [2.75, 3.05) is 33.1 Å². The summed E-state index contributed by atoms with van der Waals surface area (Å²) in [7, 11) is 5.52. The van der Waals surface area contributed by atoms with Crippen molar-refractivity contribution >= 4 is 17.6 Å². The van der Waals surface area contributed by atoms with Crippen LogP contribution in [0.5, 0.6) is 5.75 Å². The summed E-state index contributed by atoms with van der Waals surface area (Å²) in [5, 5.41) is 6.24. The van der Waals surface area contributed by atoms with E-state index in [4.69, 9.17) is 4.74 Å². The van der Waals surface area contributed by atoms with Gasteiger partial charge in [0.2, 0.25) is 5.91 Å². The summed E-state index contributed by atoms with van der Waals surface area (Å²) in [5.41, 5.74) is 1.74. The molecule has 0 atom stereocenters. The number of methoxy groups -OCH3 is 1. The molecular weight excluding hydrogens is 340 g/mol. The molecule has 1 aliphatic carbocycles. The average Bonchev–Trinajstić information content (AvgIpc) is 2.64. The van der Waals surface area contributed by atoms with Crippen molar-refractivity contribution in [3.8, 4) is 5.75 Å². The lowest BCUT2D eigenvalue weighted by Crippen LogP contribution is -2.41. The third kappa shape index (κ3) is 6.45. The van der Waals surface area contributed by atoms with Gasteiger partial charge in [0.25, 0.3) is 0 Å². The molecule has 0 heterocycles. The number of hydrogen-bond acceptors (Lipinski definition) is 3. The Morgan fingerprint density at radius 1 is 1.30 bits per heavy atom. The summed E-state index contributed by atoms with van der Waals surface area (Å²) in [4.78, 5) is 18.0. The van der Waals surface area contributed by atoms with Gasteiger partial charge in [-0.15, -0.1) is 0 Å². The highest BCUT2D eigenvalue weighted by atomic mass is 16.5. The Morgan fingerprint density at radius 3 is 2.59 bits per heavy atom. The van der Waals surface area contributed by atoms with Crippen LogP contribution in [-0.4, -0.2) is 44.5 Å². The van der Waals surface area contributed by atoms with Crippen LogP contribution in [0, 0.1) is 11.8 Å². The Bertz CT molecular complexity index is 652. The minimum absolute atomic E-state index is 0.115. The van der Waals surface area contributed by atoms with E-state index in [0.717, 1.165) is 29.9 Å². The normalized spacial score (nSPS) is 20.1. The summed E-state index contributed by atoms with van der Waals surface area (Å²) >= 11 is 0. The lowest BCUT2D eigenvalue weighted by molar-refractivity contribution is -0.114. The van der Waals surface area contributed by atoms with Crippen LogP contribution in [0.1, 0.15) is 45.1 Å². The first-order valence-corrected chi connectivity index (χ1v) is 9.79.